The molecule has 0 aliphatic rings. The van der Waals surface area contributed by atoms with Crippen molar-refractivity contribution in [2.45, 2.75) is 24.7 Å². The molecule has 8 heteroatoms. The molecule has 0 aromatic heterocycles. The summed E-state index contributed by atoms with van der Waals surface area (Å²) in [5.41, 5.74) is 0.839. The molecule has 0 amide bonds. The van der Waals surface area contributed by atoms with E-state index in [1.165, 1.54) is 12.1 Å². The molecule has 0 aliphatic heterocycles. The Balaban J connectivity index is 2.56. The van der Waals surface area contributed by atoms with Gasteiger partial charge in [0, 0.05) is 6.54 Å². The molecule has 6 nitrogen and oxygen atoms in total. The maximum Gasteiger partial charge on any atom is 0.238 e. The zero-order valence-corrected chi connectivity index (χ0v) is 12.3. The summed E-state index contributed by atoms with van der Waals surface area (Å²) in [6.45, 7) is 2.09. The molecule has 1 aromatic carbocycles. The normalized spacial score (nSPS) is 12.5. The van der Waals surface area contributed by atoms with Gasteiger partial charge in [-0.2, -0.15) is 0 Å². The van der Waals surface area contributed by atoms with E-state index >= 15 is 0 Å². The Morgan fingerprint density at radius 3 is 2.16 bits per heavy atom. The fourth-order valence-electron chi connectivity index (χ4n) is 1.54. The maximum atomic E-state index is 11.4. The Morgan fingerprint density at radius 2 is 1.68 bits per heavy atom. The summed E-state index contributed by atoms with van der Waals surface area (Å²) < 4.78 is 47.4. The quantitative estimate of drug-likeness (QED) is 0.750. The lowest BCUT2D eigenvalue weighted by atomic mass is 10.2. The second-order valence-electron chi connectivity index (χ2n) is 4.15. The van der Waals surface area contributed by atoms with E-state index in [-0.39, 0.29) is 17.2 Å². The van der Waals surface area contributed by atoms with Crippen molar-refractivity contribution in [1.82, 2.24) is 4.72 Å². The molecule has 0 bridgehead atoms. The first-order valence-electron chi connectivity index (χ1n) is 5.83. The highest BCUT2D eigenvalue weighted by Gasteiger charge is 2.09. The zero-order valence-electron chi connectivity index (χ0n) is 10.7. The van der Waals surface area contributed by atoms with Crippen LogP contribution >= 0.6 is 0 Å². The molecule has 0 atom stereocenters. The van der Waals surface area contributed by atoms with Crippen molar-refractivity contribution >= 4 is 20.0 Å². The molecule has 0 saturated heterocycles. The number of nitrogens with one attached hydrogen (secondary N) is 1. The average molecular weight is 306 g/mol. The van der Waals surface area contributed by atoms with Gasteiger partial charge in [0.25, 0.3) is 0 Å². The van der Waals surface area contributed by atoms with Gasteiger partial charge in [0.05, 0.1) is 10.6 Å². The van der Waals surface area contributed by atoms with Crippen LogP contribution in [0.4, 0.5) is 0 Å². The number of sulfonamides is 2. The van der Waals surface area contributed by atoms with Crippen LogP contribution in [0.1, 0.15) is 18.9 Å². The van der Waals surface area contributed by atoms with Crippen LogP contribution < -0.4 is 9.86 Å². The van der Waals surface area contributed by atoms with Gasteiger partial charge in [0.2, 0.25) is 20.0 Å². The third-order valence-corrected chi connectivity index (χ3v) is 4.98. The summed E-state index contributed by atoms with van der Waals surface area (Å²) in [5, 5.41) is 4.98. The smallest absolute Gasteiger partial charge is 0.225 e. The average Bonchev–Trinajstić information content (AvgIpc) is 2.28. The molecule has 3 N–H and O–H groups in total. The van der Waals surface area contributed by atoms with E-state index in [0.717, 1.165) is 5.56 Å². The van der Waals surface area contributed by atoms with Gasteiger partial charge in [-0.1, -0.05) is 19.1 Å². The van der Waals surface area contributed by atoms with E-state index in [9.17, 15) is 16.8 Å². The minimum atomic E-state index is -3.68. The minimum absolute atomic E-state index is 0.0443. The first-order chi connectivity index (χ1) is 8.74. The Bertz CT molecular complexity index is 607. The van der Waals surface area contributed by atoms with Crippen LogP contribution in [-0.2, 0) is 26.5 Å². The Kier molecular flexibility index (Phi) is 5.48. The molecule has 1 aromatic rings. The number of primary sulfonamides is 1. The van der Waals surface area contributed by atoms with Gasteiger partial charge in [-0.05, 0) is 30.5 Å². The minimum Gasteiger partial charge on any atom is -0.225 e. The molecule has 1 rings (SSSR count). The highest BCUT2D eigenvalue weighted by atomic mass is 32.2. The summed E-state index contributed by atoms with van der Waals surface area (Å²) in [6.07, 6.45) is 1.06. The molecule has 108 valence electrons. The predicted molar refractivity (Wildman–Crippen MR) is 73.6 cm³/mol. The summed E-state index contributed by atoms with van der Waals surface area (Å²) >= 11 is 0. The van der Waals surface area contributed by atoms with Gasteiger partial charge in [-0.25, -0.2) is 26.7 Å². The molecule has 0 spiro atoms. The van der Waals surface area contributed by atoms with Gasteiger partial charge < -0.3 is 0 Å². The highest BCUT2D eigenvalue weighted by molar-refractivity contribution is 7.89. The lowest BCUT2D eigenvalue weighted by Gasteiger charge is -2.06. The number of rotatable bonds is 7. The van der Waals surface area contributed by atoms with E-state index < -0.39 is 20.0 Å². The highest BCUT2D eigenvalue weighted by Crippen LogP contribution is 2.09. The first kappa shape index (κ1) is 16.1. The van der Waals surface area contributed by atoms with Crippen LogP contribution in [-0.4, -0.2) is 29.1 Å². The van der Waals surface area contributed by atoms with E-state index in [2.05, 4.69) is 4.72 Å². The van der Waals surface area contributed by atoms with Crippen LogP contribution in [0, 0.1) is 0 Å². The number of hydrogen-bond donors (Lipinski definition) is 2. The van der Waals surface area contributed by atoms with Crippen molar-refractivity contribution in [2.24, 2.45) is 5.14 Å². The van der Waals surface area contributed by atoms with E-state index in [0.29, 0.717) is 12.8 Å². The van der Waals surface area contributed by atoms with E-state index in [4.69, 9.17) is 5.14 Å². The van der Waals surface area contributed by atoms with Crippen molar-refractivity contribution in [1.29, 1.82) is 0 Å². The fourth-order valence-corrected chi connectivity index (χ4v) is 3.15. The Hall–Kier alpha value is -0.960. The van der Waals surface area contributed by atoms with Crippen LogP contribution in [0.5, 0.6) is 0 Å². The van der Waals surface area contributed by atoms with Crippen LogP contribution in [0.2, 0.25) is 0 Å². The molecule has 0 fully saturated rings. The monoisotopic (exact) mass is 306 g/mol. The van der Waals surface area contributed by atoms with Gasteiger partial charge in [-0.15, -0.1) is 0 Å². The van der Waals surface area contributed by atoms with Crippen LogP contribution in [0.15, 0.2) is 29.2 Å². The summed E-state index contributed by atoms with van der Waals surface area (Å²) in [4.78, 5) is 0.0443. The van der Waals surface area contributed by atoms with E-state index in [1.54, 1.807) is 19.1 Å². The standard InChI is InChI=1S/C11H18N2O4S2/c1-2-9-18(14,15)13-8-7-10-3-5-11(6-4-10)19(12,16)17/h3-6,13H,2,7-9H2,1H3,(H2,12,16,17). The SMILES string of the molecule is CCCS(=O)(=O)NCCc1ccc(S(N)(=O)=O)cc1. The molecular weight excluding hydrogens is 288 g/mol. The third kappa shape index (κ3) is 5.68. The molecule has 0 aliphatic carbocycles. The van der Waals surface area contributed by atoms with Crippen molar-refractivity contribution < 1.29 is 16.8 Å². The van der Waals surface area contributed by atoms with Gasteiger partial charge >= 0.3 is 0 Å². The Morgan fingerprint density at radius 1 is 1.11 bits per heavy atom. The molecule has 19 heavy (non-hydrogen) atoms. The molecule has 0 unspecified atom stereocenters. The van der Waals surface area contributed by atoms with Crippen molar-refractivity contribution in [3.8, 4) is 0 Å². The first-order valence-corrected chi connectivity index (χ1v) is 9.03. The molecule has 0 saturated carbocycles. The topological polar surface area (TPSA) is 106 Å². The number of hydrogen-bond acceptors (Lipinski definition) is 4. The van der Waals surface area contributed by atoms with Crippen molar-refractivity contribution in [3.63, 3.8) is 0 Å². The summed E-state index contributed by atoms with van der Waals surface area (Å²) in [5.74, 6) is 0.108. The van der Waals surface area contributed by atoms with Gasteiger partial charge in [0.15, 0.2) is 0 Å². The number of nitrogens with two attached hydrogens (primary N) is 1. The predicted octanol–water partition coefficient (Wildman–Crippen LogP) is 0.206. The summed E-state index contributed by atoms with van der Waals surface area (Å²) in [6, 6.07) is 6.05. The lowest BCUT2D eigenvalue weighted by Crippen LogP contribution is -2.28. The second-order valence-corrected chi connectivity index (χ2v) is 7.64. The lowest BCUT2D eigenvalue weighted by molar-refractivity contribution is 0.580. The van der Waals surface area contributed by atoms with Gasteiger partial charge in [-0.3, -0.25) is 0 Å². The number of benzene rings is 1. The van der Waals surface area contributed by atoms with Gasteiger partial charge in [0.1, 0.15) is 0 Å². The van der Waals surface area contributed by atoms with Crippen LogP contribution in [0.3, 0.4) is 0 Å². The zero-order chi connectivity index (χ0) is 14.5. The fraction of sp³-hybridized carbons (Fsp3) is 0.455. The second kappa shape index (κ2) is 6.47. The maximum absolute atomic E-state index is 11.4. The third-order valence-electron chi connectivity index (χ3n) is 2.46. The van der Waals surface area contributed by atoms with Crippen molar-refractivity contribution in [2.75, 3.05) is 12.3 Å². The van der Waals surface area contributed by atoms with Crippen molar-refractivity contribution in [3.05, 3.63) is 29.8 Å². The van der Waals surface area contributed by atoms with Crippen LogP contribution in [0.25, 0.3) is 0 Å². The largest absolute Gasteiger partial charge is 0.238 e. The Labute approximate surface area is 114 Å². The molecule has 0 radical (unpaired) electrons. The van der Waals surface area contributed by atoms with E-state index in [1.807, 2.05) is 0 Å². The molecular formula is C11H18N2O4S2. The summed E-state index contributed by atoms with van der Waals surface area (Å²) in [7, 11) is -6.88. The molecule has 0 heterocycles.